The topological polar surface area (TPSA) is 29.9 Å². The van der Waals surface area contributed by atoms with Crippen LogP contribution in [0.25, 0.3) is 11.0 Å². The van der Waals surface area contributed by atoms with Crippen molar-refractivity contribution in [3.8, 4) is 0 Å². The Bertz CT molecular complexity index is 536. The van der Waals surface area contributed by atoms with Crippen LogP contribution in [-0.2, 0) is 7.05 Å². The van der Waals surface area contributed by atoms with Crippen molar-refractivity contribution in [2.45, 2.75) is 32.2 Å². The number of hydrogen-bond donors (Lipinski definition) is 1. The molecule has 0 aliphatic carbocycles. The normalized spacial score (nSPS) is 20.9. The Kier molecular flexibility index (Phi) is 2.63. The molecule has 17 heavy (non-hydrogen) atoms. The lowest BCUT2D eigenvalue weighted by molar-refractivity contribution is 0.392. The molecular formula is C14H19N3. The van der Waals surface area contributed by atoms with Crippen LogP contribution >= 0.6 is 0 Å². The van der Waals surface area contributed by atoms with E-state index in [-0.39, 0.29) is 0 Å². The van der Waals surface area contributed by atoms with Gasteiger partial charge in [0.2, 0.25) is 0 Å². The van der Waals surface area contributed by atoms with E-state index in [9.17, 15) is 0 Å². The van der Waals surface area contributed by atoms with E-state index in [2.05, 4.69) is 42.1 Å². The van der Waals surface area contributed by atoms with Gasteiger partial charge in [-0.2, -0.15) is 0 Å². The average molecular weight is 229 g/mol. The van der Waals surface area contributed by atoms with Crippen molar-refractivity contribution in [1.82, 2.24) is 14.9 Å². The molecule has 0 saturated carbocycles. The molecule has 90 valence electrons. The van der Waals surface area contributed by atoms with Crippen molar-refractivity contribution in [2.75, 3.05) is 6.54 Å². The summed E-state index contributed by atoms with van der Waals surface area (Å²) in [6.45, 7) is 3.25. The molecule has 3 heteroatoms. The molecule has 0 amide bonds. The number of aromatic nitrogens is 2. The maximum Gasteiger partial charge on any atom is 0.126 e. The quantitative estimate of drug-likeness (QED) is 0.814. The van der Waals surface area contributed by atoms with Gasteiger partial charge in [0.15, 0.2) is 0 Å². The van der Waals surface area contributed by atoms with Crippen LogP contribution in [0.2, 0.25) is 0 Å². The first-order valence-corrected chi connectivity index (χ1v) is 6.42. The summed E-state index contributed by atoms with van der Waals surface area (Å²) in [5.41, 5.74) is 3.66. The van der Waals surface area contributed by atoms with Gasteiger partial charge in [0.05, 0.1) is 17.1 Å². The van der Waals surface area contributed by atoms with Crippen LogP contribution in [0.4, 0.5) is 0 Å². The van der Waals surface area contributed by atoms with Gasteiger partial charge in [-0.1, -0.05) is 18.6 Å². The summed E-state index contributed by atoms with van der Waals surface area (Å²) in [6, 6.07) is 6.83. The molecule has 1 unspecified atom stereocenters. The van der Waals surface area contributed by atoms with Gasteiger partial charge in [0.1, 0.15) is 5.82 Å². The van der Waals surface area contributed by atoms with Crippen molar-refractivity contribution in [3.05, 3.63) is 29.6 Å². The van der Waals surface area contributed by atoms with E-state index < -0.39 is 0 Å². The van der Waals surface area contributed by atoms with Crippen molar-refractivity contribution in [3.63, 3.8) is 0 Å². The minimum Gasteiger partial charge on any atom is -0.330 e. The van der Waals surface area contributed by atoms with Gasteiger partial charge in [0.25, 0.3) is 0 Å². The molecule has 3 nitrogen and oxygen atoms in total. The second-order valence-electron chi connectivity index (χ2n) is 4.97. The molecule has 1 aliphatic heterocycles. The Hall–Kier alpha value is -1.35. The van der Waals surface area contributed by atoms with E-state index in [1.807, 2.05) is 0 Å². The molecule has 1 aromatic heterocycles. The van der Waals surface area contributed by atoms with Crippen molar-refractivity contribution >= 4 is 11.0 Å². The summed E-state index contributed by atoms with van der Waals surface area (Å²) in [4.78, 5) is 4.84. The molecule has 1 atom stereocenters. The van der Waals surface area contributed by atoms with Crippen LogP contribution in [0.15, 0.2) is 18.2 Å². The minimum absolute atomic E-state index is 0.431. The molecule has 0 radical (unpaired) electrons. The second kappa shape index (κ2) is 4.15. The first kappa shape index (κ1) is 10.8. The lowest BCUT2D eigenvalue weighted by atomic mass is 10.0. The van der Waals surface area contributed by atoms with E-state index >= 15 is 0 Å². The number of para-hydroxylation sites is 1. The largest absolute Gasteiger partial charge is 0.330 e. The number of nitrogens with one attached hydrogen (secondary N) is 1. The first-order valence-electron chi connectivity index (χ1n) is 6.42. The number of piperidine rings is 1. The van der Waals surface area contributed by atoms with E-state index in [4.69, 9.17) is 4.98 Å². The molecule has 2 aromatic rings. The van der Waals surface area contributed by atoms with Crippen LogP contribution in [0.3, 0.4) is 0 Å². The van der Waals surface area contributed by atoms with Crippen LogP contribution in [0.5, 0.6) is 0 Å². The van der Waals surface area contributed by atoms with E-state index in [1.165, 1.54) is 36.2 Å². The molecule has 0 bridgehead atoms. The SMILES string of the molecule is Cc1cccc2c1nc(C1CCCCN1)n2C. The molecule has 1 saturated heterocycles. The third kappa shape index (κ3) is 1.75. The summed E-state index contributed by atoms with van der Waals surface area (Å²) in [6.07, 6.45) is 3.80. The van der Waals surface area contributed by atoms with Gasteiger partial charge >= 0.3 is 0 Å². The summed E-state index contributed by atoms with van der Waals surface area (Å²) >= 11 is 0. The van der Waals surface area contributed by atoms with Crippen LogP contribution in [0, 0.1) is 6.92 Å². The zero-order valence-electron chi connectivity index (χ0n) is 10.5. The maximum atomic E-state index is 4.84. The van der Waals surface area contributed by atoms with Crippen molar-refractivity contribution in [2.24, 2.45) is 7.05 Å². The Labute approximate surface area is 102 Å². The molecule has 1 aromatic carbocycles. The van der Waals surface area contributed by atoms with Crippen LogP contribution in [-0.4, -0.2) is 16.1 Å². The highest BCUT2D eigenvalue weighted by Crippen LogP contribution is 2.26. The number of rotatable bonds is 1. The number of imidazole rings is 1. The molecule has 1 aliphatic rings. The monoisotopic (exact) mass is 229 g/mol. The minimum atomic E-state index is 0.431. The second-order valence-corrected chi connectivity index (χ2v) is 4.97. The molecule has 2 heterocycles. The van der Waals surface area contributed by atoms with Crippen molar-refractivity contribution < 1.29 is 0 Å². The summed E-state index contributed by atoms with van der Waals surface area (Å²) in [5.74, 6) is 1.19. The van der Waals surface area contributed by atoms with Gasteiger partial charge in [0, 0.05) is 7.05 Å². The molecule has 3 rings (SSSR count). The van der Waals surface area contributed by atoms with E-state index in [0.29, 0.717) is 6.04 Å². The first-order chi connectivity index (χ1) is 8.27. The number of nitrogens with zero attached hydrogens (tertiary/aromatic N) is 2. The predicted octanol–water partition coefficient (Wildman–Crippen LogP) is 2.70. The highest BCUT2D eigenvalue weighted by molar-refractivity contribution is 5.79. The smallest absolute Gasteiger partial charge is 0.126 e. The highest BCUT2D eigenvalue weighted by atomic mass is 15.1. The van der Waals surface area contributed by atoms with Gasteiger partial charge < -0.3 is 9.88 Å². The fourth-order valence-corrected chi connectivity index (χ4v) is 2.76. The molecule has 1 fully saturated rings. The lowest BCUT2D eigenvalue weighted by Crippen LogP contribution is -2.28. The van der Waals surface area contributed by atoms with Crippen LogP contribution < -0.4 is 5.32 Å². The Balaban J connectivity index is 2.10. The number of aryl methyl sites for hydroxylation is 2. The fraction of sp³-hybridized carbons (Fsp3) is 0.500. The summed E-state index contributed by atoms with van der Waals surface area (Å²) < 4.78 is 2.24. The predicted molar refractivity (Wildman–Crippen MR) is 70.0 cm³/mol. The zero-order valence-corrected chi connectivity index (χ0v) is 10.5. The molecular weight excluding hydrogens is 210 g/mol. The fourth-order valence-electron chi connectivity index (χ4n) is 2.76. The van der Waals surface area contributed by atoms with Crippen molar-refractivity contribution in [1.29, 1.82) is 0 Å². The third-order valence-electron chi connectivity index (χ3n) is 3.77. The Morgan fingerprint density at radius 1 is 1.35 bits per heavy atom. The van der Waals surface area contributed by atoms with Crippen LogP contribution in [0.1, 0.15) is 36.7 Å². The Morgan fingerprint density at radius 3 is 2.94 bits per heavy atom. The maximum absolute atomic E-state index is 4.84. The summed E-state index contributed by atoms with van der Waals surface area (Å²) in [7, 11) is 2.13. The third-order valence-corrected chi connectivity index (χ3v) is 3.77. The summed E-state index contributed by atoms with van der Waals surface area (Å²) in [5, 5.41) is 3.57. The highest BCUT2D eigenvalue weighted by Gasteiger charge is 2.20. The average Bonchev–Trinajstić information content (AvgIpc) is 2.70. The zero-order chi connectivity index (χ0) is 11.8. The molecule has 1 N–H and O–H groups in total. The number of hydrogen-bond acceptors (Lipinski definition) is 2. The number of fused-ring (bicyclic) bond motifs is 1. The van der Waals surface area contributed by atoms with Gasteiger partial charge in [-0.25, -0.2) is 4.98 Å². The Morgan fingerprint density at radius 2 is 2.24 bits per heavy atom. The van der Waals surface area contributed by atoms with E-state index in [1.54, 1.807) is 0 Å². The number of benzene rings is 1. The molecule has 0 spiro atoms. The van der Waals surface area contributed by atoms with Gasteiger partial charge in [-0.05, 0) is 37.9 Å². The standard InChI is InChI=1S/C14H19N3/c1-10-6-5-8-12-13(10)16-14(17(12)2)11-7-3-4-9-15-11/h5-6,8,11,15H,3-4,7,9H2,1-2H3. The lowest BCUT2D eigenvalue weighted by Gasteiger charge is -2.22. The van der Waals surface area contributed by atoms with Gasteiger partial charge in [-0.15, -0.1) is 0 Å². The van der Waals surface area contributed by atoms with Gasteiger partial charge in [-0.3, -0.25) is 0 Å². The van der Waals surface area contributed by atoms with E-state index in [0.717, 1.165) is 12.1 Å².